The van der Waals surface area contributed by atoms with Gasteiger partial charge in [0.05, 0.1) is 13.2 Å². The van der Waals surface area contributed by atoms with Crippen LogP contribution < -0.4 is 20.5 Å². The smallest absolute Gasteiger partial charge is 0.223 e. The fraction of sp³-hybridized carbons (Fsp3) is 0.556. The van der Waals surface area contributed by atoms with Gasteiger partial charge in [-0.05, 0) is 25.0 Å². The Hall–Kier alpha value is -2.44. The number of ether oxygens (including phenoxy) is 2. The molecule has 1 aromatic carbocycles. The standard InChI is InChI=1S/C18H24N4O3/c19-18(20-10-12-8-17(23)22(11-12)14-3-4-14)21-13-2-5-15-16(9-13)25-7-1-6-24-15/h2,5,9,12,14H,1,3-4,6-8,10-11H2,(H3,19,20,21). The average molecular weight is 344 g/mol. The van der Waals surface area contributed by atoms with Gasteiger partial charge in [0.2, 0.25) is 5.91 Å². The quantitative estimate of drug-likeness (QED) is 0.639. The summed E-state index contributed by atoms with van der Waals surface area (Å²) in [6, 6.07) is 6.12. The van der Waals surface area contributed by atoms with E-state index < -0.39 is 0 Å². The maximum absolute atomic E-state index is 12.0. The first-order valence-electron chi connectivity index (χ1n) is 8.95. The molecule has 3 aliphatic rings. The average Bonchev–Trinajstić information content (AvgIpc) is 3.39. The van der Waals surface area contributed by atoms with Crippen LogP contribution in [0.4, 0.5) is 5.69 Å². The summed E-state index contributed by atoms with van der Waals surface area (Å²) < 4.78 is 11.3. The molecule has 2 fully saturated rings. The molecular formula is C18H24N4O3. The van der Waals surface area contributed by atoms with Crippen LogP contribution in [0.5, 0.6) is 11.5 Å². The molecule has 0 radical (unpaired) electrons. The van der Waals surface area contributed by atoms with E-state index in [0.29, 0.717) is 38.2 Å². The molecule has 7 heteroatoms. The maximum Gasteiger partial charge on any atom is 0.223 e. The van der Waals surface area contributed by atoms with E-state index >= 15 is 0 Å². The molecule has 1 aromatic rings. The number of rotatable bonds is 4. The van der Waals surface area contributed by atoms with Crippen molar-refractivity contribution in [3.05, 3.63) is 18.2 Å². The number of nitrogens with two attached hydrogens (primary N) is 1. The van der Waals surface area contributed by atoms with E-state index in [1.54, 1.807) is 0 Å². The van der Waals surface area contributed by atoms with E-state index in [0.717, 1.165) is 43.0 Å². The predicted molar refractivity (Wildman–Crippen MR) is 95.0 cm³/mol. The van der Waals surface area contributed by atoms with Crippen molar-refractivity contribution in [1.29, 1.82) is 0 Å². The molecule has 0 spiro atoms. The molecule has 3 N–H and O–H groups in total. The highest BCUT2D eigenvalue weighted by molar-refractivity contribution is 5.92. The third-order valence-corrected chi connectivity index (χ3v) is 4.77. The van der Waals surface area contributed by atoms with Crippen molar-refractivity contribution < 1.29 is 14.3 Å². The second-order valence-corrected chi connectivity index (χ2v) is 6.91. The molecule has 1 amide bonds. The lowest BCUT2D eigenvalue weighted by Crippen LogP contribution is -2.28. The van der Waals surface area contributed by atoms with Crippen LogP contribution in [0.1, 0.15) is 25.7 Å². The molecule has 134 valence electrons. The van der Waals surface area contributed by atoms with Gasteiger partial charge >= 0.3 is 0 Å². The molecule has 2 aliphatic heterocycles. The van der Waals surface area contributed by atoms with Crippen molar-refractivity contribution in [2.45, 2.75) is 31.7 Å². The minimum Gasteiger partial charge on any atom is -0.490 e. The van der Waals surface area contributed by atoms with Crippen molar-refractivity contribution in [1.82, 2.24) is 4.90 Å². The predicted octanol–water partition coefficient (Wildman–Crippen LogP) is 1.59. The van der Waals surface area contributed by atoms with Gasteiger partial charge in [-0.3, -0.25) is 9.79 Å². The van der Waals surface area contributed by atoms with Crippen molar-refractivity contribution in [3.8, 4) is 11.5 Å². The summed E-state index contributed by atoms with van der Waals surface area (Å²) in [6.45, 7) is 2.69. The van der Waals surface area contributed by atoms with Gasteiger partial charge in [-0.25, -0.2) is 0 Å². The summed E-state index contributed by atoms with van der Waals surface area (Å²) in [7, 11) is 0. The number of benzene rings is 1. The fourth-order valence-electron chi connectivity index (χ4n) is 3.33. The number of guanidine groups is 1. The topological polar surface area (TPSA) is 89.2 Å². The molecule has 25 heavy (non-hydrogen) atoms. The van der Waals surface area contributed by atoms with Gasteiger partial charge in [0.1, 0.15) is 0 Å². The van der Waals surface area contributed by atoms with Crippen molar-refractivity contribution >= 4 is 17.6 Å². The zero-order valence-electron chi connectivity index (χ0n) is 14.2. The molecule has 0 bridgehead atoms. The molecule has 1 unspecified atom stereocenters. The van der Waals surface area contributed by atoms with Crippen LogP contribution in [0, 0.1) is 5.92 Å². The van der Waals surface area contributed by atoms with Crippen LogP contribution >= 0.6 is 0 Å². The summed E-state index contributed by atoms with van der Waals surface area (Å²) in [4.78, 5) is 18.4. The molecule has 1 aliphatic carbocycles. The Labute approximate surface area is 147 Å². The number of carbonyl (C=O) groups excluding carboxylic acids is 1. The highest BCUT2D eigenvalue weighted by Gasteiger charge is 2.39. The molecule has 2 heterocycles. The zero-order chi connectivity index (χ0) is 17.2. The molecule has 4 rings (SSSR count). The number of anilines is 1. The van der Waals surface area contributed by atoms with Crippen LogP contribution in [0.2, 0.25) is 0 Å². The van der Waals surface area contributed by atoms with E-state index in [-0.39, 0.29) is 11.8 Å². The molecule has 0 aromatic heterocycles. The molecule has 7 nitrogen and oxygen atoms in total. The van der Waals surface area contributed by atoms with Crippen LogP contribution in [0.3, 0.4) is 0 Å². The fourth-order valence-corrected chi connectivity index (χ4v) is 3.33. The van der Waals surface area contributed by atoms with E-state index in [4.69, 9.17) is 15.2 Å². The SMILES string of the molecule is NC(=NCC1CC(=O)N(C2CC2)C1)Nc1ccc2c(c1)OCCCO2. The largest absolute Gasteiger partial charge is 0.490 e. The van der Waals surface area contributed by atoms with Crippen LogP contribution in [-0.2, 0) is 4.79 Å². The van der Waals surface area contributed by atoms with E-state index in [1.807, 2.05) is 23.1 Å². The van der Waals surface area contributed by atoms with Gasteiger partial charge in [0.15, 0.2) is 17.5 Å². The van der Waals surface area contributed by atoms with E-state index in [9.17, 15) is 4.79 Å². The Morgan fingerprint density at radius 2 is 2.08 bits per heavy atom. The monoisotopic (exact) mass is 344 g/mol. The lowest BCUT2D eigenvalue weighted by atomic mass is 10.1. The third kappa shape index (κ3) is 3.81. The Morgan fingerprint density at radius 3 is 2.88 bits per heavy atom. The first-order valence-corrected chi connectivity index (χ1v) is 8.95. The normalized spacial score (nSPS) is 23.5. The lowest BCUT2D eigenvalue weighted by Gasteiger charge is -2.14. The van der Waals surface area contributed by atoms with Crippen LogP contribution in [-0.4, -0.2) is 49.1 Å². The lowest BCUT2D eigenvalue weighted by molar-refractivity contribution is -0.128. The van der Waals surface area contributed by atoms with Crippen LogP contribution in [0.25, 0.3) is 0 Å². The number of fused-ring (bicyclic) bond motifs is 1. The number of aliphatic imine (C=N–C) groups is 1. The number of hydrogen-bond donors (Lipinski definition) is 2. The van der Waals surface area contributed by atoms with Gasteiger partial charge in [0, 0.05) is 49.6 Å². The van der Waals surface area contributed by atoms with Crippen LogP contribution in [0.15, 0.2) is 23.2 Å². The second-order valence-electron chi connectivity index (χ2n) is 6.91. The number of nitrogens with one attached hydrogen (secondary N) is 1. The zero-order valence-corrected chi connectivity index (χ0v) is 14.2. The Balaban J connectivity index is 1.34. The first kappa shape index (κ1) is 16.1. The molecule has 1 saturated heterocycles. The van der Waals surface area contributed by atoms with Gasteiger partial charge in [-0.15, -0.1) is 0 Å². The van der Waals surface area contributed by atoms with E-state index in [2.05, 4.69) is 10.3 Å². The molecule has 1 saturated carbocycles. The number of likely N-dealkylation sites (tertiary alicyclic amines) is 1. The Bertz CT molecular complexity index is 687. The summed E-state index contributed by atoms with van der Waals surface area (Å²) in [5, 5.41) is 3.09. The molecular weight excluding hydrogens is 320 g/mol. The number of nitrogens with zero attached hydrogens (tertiary/aromatic N) is 2. The Kier molecular flexibility index (Phi) is 4.38. The summed E-state index contributed by atoms with van der Waals surface area (Å²) in [5.74, 6) is 2.35. The van der Waals surface area contributed by atoms with E-state index in [1.165, 1.54) is 0 Å². The summed E-state index contributed by atoms with van der Waals surface area (Å²) in [5.41, 5.74) is 6.81. The first-order chi connectivity index (χ1) is 12.2. The summed E-state index contributed by atoms with van der Waals surface area (Å²) in [6.07, 6.45) is 3.75. The third-order valence-electron chi connectivity index (χ3n) is 4.77. The van der Waals surface area contributed by atoms with Gasteiger partial charge < -0.3 is 25.4 Å². The van der Waals surface area contributed by atoms with Crippen molar-refractivity contribution in [2.24, 2.45) is 16.6 Å². The van der Waals surface area contributed by atoms with Crippen molar-refractivity contribution in [2.75, 3.05) is 31.6 Å². The molecule has 1 atom stereocenters. The highest BCUT2D eigenvalue weighted by Crippen LogP contribution is 2.33. The minimum atomic E-state index is 0.261. The minimum absolute atomic E-state index is 0.261. The van der Waals surface area contributed by atoms with Crippen molar-refractivity contribution in [3.63, 3.8) is 0 Å². The number of hydrogen-bond acceptors (Lipinski definition) is 4. The number of carbonyl (C=O) groups is 1. The Morgan fingerprint density at radius 1 is 1.28 bits per heavy atom. The highest BCUT2D eigenvalue weighted by atomic mass is 16.5. The van der Waals surface area contributed by atoms with Gasteiger partial charge in [-0.1, -0.05) is 0 Å². The van der Waals surface area contributed by atoms with Gasteiger partial charge in [-0.2, -0.15) is 0 Å². The summed E-state index contributed by atoms with van der Waals surface area (Å²) >= 11 is 0. The maximum atomic E-state index is 12.0. The number of amides is 1. The van der Waals surface area contributed by atoms with Gasteiger partial charge in [0.25, 0.3) is 0 Å². The second kappa shape index (κ2) is 6.82.